The van der Waals surface area contributed by atoms with Crippen LogP contribution in [0.4, 0.5) is 9.93 Å². The van der Waals surface area contributed by atoms with Crippen molar-refractivity contribution in [2.75, 3.05) is 32.1 Å². The zero-order chi connectivity index (χ0) is 15.5. The molecule has 2 amide bonds. The Morgan fingerprint density at radius 1 is 1.48 bits per heavy atom. The van der Waals surface area contributed by atoms with Crippen LogP contribution in [0, 0.1) is 0 Å². The Morgan fingerprint density at radius 2 is 2.24 bits per heavy atom. The third-order valence-electron chi connectivity index (χ3n) is 3.20. The Bertz CT molecular complexity index is 533. The number of methoxy groups -OCH3 is 1. The fraction of sp³-hybridized carbons (Fsp3) is 0.643. The molecule has 0 unspecified atom stereocenters. The van der Waals surface area contributed by atoms with E-state index in [1.807, 2.05) is 6.08 Å². The van der Waals surface area contributed by atoms with E-state index >= 15 is 0 Å². The Morgan fingerprint density at radius 3 is 2.76 bits per heavy atom. The molecule has 0 spiro atoms. The van der Waals surface area contributed by atoms with E-state index in [9.17, 15) is 4.79 Å². The standard InChI is InChI=1S/C14H22N4O2S/c1-14(2,3)11-16-17-12(21-11)15-13(19)18-7-5-10(6-8-18)9-20-4/h5H,6-9H2,1-4H3,(H,15,17,19). The molecular formula is C14H22N4O2S. The second-order valence-electron chi connectivity index (χ2n) is 6.08. The molecule has 7 heteroatoms. The number of carbonyl (C=O) groups excluding carboxylic acids is 1. The van der Waals surface area contributed by atoms with Gasteiger partial charge in [0.05, 0.1) is 6.61 Å². The number of ether oxygens (including phenoxy) is 1. The van der Waals surface area contributed by atoms with Crippen LogP contribution in [0.3, 0.4) is 0 Å². The number of nitrogens with one attached hydrogen (secondary N) is 1. The number of aromatic nitrogens is 2. The highest BCUT2D eigenvalue weighted by molar-refractivity contribution is 7.15. The van der Waals surface area contributed by atoms with Gasteiger partial charge in [-0.1, -0.05) is 38.2 Å². The van der Waals surface area contributed by atoms with E-state index in [1.54, 1.807) is 12.0 Å². The van der Waals surface area contributed by atoms with Gasteiger partial charge in [-0.2, -0.15) is 0 Å². The van der Waals surface area contributed by atoms with Crippen molar-refractivity contribution >= 4 is 22.5 Å². The van der Waals surface area contributed by atoms with Crippen molar-refractivity contribution in [3.8, 4) is 0 Å². The average Bonchev–Trinajstić information content (AvgIpc) is 2.88. The molecule has 1 N–H and O–H groups in total. The quantitative estimate of drug-likeness (QED) is 0.872. The zero-order valence-electron chi connectivity index (χ0n) is 13.0. The minimum absolute atomic E-state index is 0.0520. The molecule has 1 aromatic heterocycles. The Hall–Kier alpha value is -1.47. The van der Waals surface area contributed by atoms with Gasteiger partial charge in [-0.15, -0.1) is 10.2 Å². The second kappa shape index (κ2) is 6.53. The van der Waals surface area contributed by atoms with Crippen molar-refractivity contribution in [2.24, 2.45) is 0 Å². The molecule has 0 atom stereocenters. The van der Waals surface area contributed by atoms with E-state index in [2.05, 4.69) is 36.3 Å². The first-order valence-electron chi connectivity index (χ1n) is 6.97. The van der Waals surface area contributed by atoms with Gasteiger partial charge in [0.25, 0.3) is 0 Å². The van der Waals surface area contributed by atoms with Crippen molar-refractivity contribution < 1.29 is 9.53 Å². The summed E-state index contributed by atoms with van der Waals surface area (Å²) >= 11 is 1.42. The lowest BCUT2D eigenvalue weighted by Gasteiger charge is -2.25. The molecule has 2 heterocycles. The summed E-state index contributed by atoms with van der Waals surface area (Å²) in [4.78, 5) is 13.9. The number of urea groups is 1. The molecule has 0 aliphatic carbocycles. The maximum Gasteiger partial charge on any atom is 0.323 e. The maximum absolute atomic E-state index is 12.2. The number of hydrogen-bond donors (Lipinski definition) is 1. The van der Waals surface area contributed by atoms with Gasteiger partial charge < -0.3 is 9.64 Å². The van der Waals surface area contributed by atoms with Crippen LogP contribution >= 0.6 is 11.3 Å². The van der Waals surface area contributed by atoms with E-state index in [0.717, 1.165) is 11.4 Å². The van der Waals surface area contributed by atoms with Gasteiger partial charge in [-0.3, -0.25) is 5.32 Å². The lowest BCUT2D eigenvalue weighted by molar-refractivity contribution is 0.203. The molecule has 0 saturated carbocycles. The topological polar surface area (TPSA) is 67.3 Å². The lowest BCUT2D eigenvalue weighted by Crippen LogP contribution is -2.38. The van der Waals surface area contributed by atoms with Crippen molar-refractivity contribution in [2.45, 2.75) is 32.6 Å². The molecule has 0 bridgehead atoms. The highest BCUT2D eigenvalue weighted by atomic mass is 32.1. The third kappa shape index (κ3) is 4.25. The van der Waals surface area contributed by atoms with Crippen molar-refractivity contribution in [1.82, 2.24) is 15.1 Å². The van der Waals surface area contributed by atoms with Crippen molar-refractivity contribution in [3.05, 3.63) is 16.7 Å². The first kappa shape index (κ1) is 15.9. The van der Waals surface area contributed by atoms with Crippen molar-refractivity contribution in [3.63, 3.8) is 0 Å². The number of anilines is 1. The monoisotopic (exact) mass is 310 g/mol. The zero-order valence-corrected chi connectivity index (χ0v) is 13.8. The molecule has 1 aliphatic heterocycles. The third-order valence-corrected chi connectivity index (χ3v) is 4.47. The van der Waals surface area contributed by atoms with Crippen molar-refractivity contribution in [1.29, 1.82) is 0 Å². The molecule has 0 radical (unpaired) electrons. The molecule has 0 aromatic carbocycles. The molecule has 116 valence electrons. The molecule has 0 saturated heterocycles. The fourth-order valence-corrected chi connectivity index (χ4v) is 2.75. The van der Waals surface area contributed by atoms with Gasteiger partial charge in [-0.05, 0) is 12.0 Å². The van der Waals surface area contributed by atoms with Gasteiger partial charge in [0.2, 0.25) is 5.13 Å². The van der Waals surface area contributed by atoms with Gasteiger partial charge in [0.15, 0.2) is 0 Å². The Balaban J connectivity index is 1.92. The smallest absolute Gasteiger partial charge is 0.323 e. The van der Waals surface area contributed by atoms with Gasteiger partial charge in [-0.25, -0.2) is 4.79 Å². The molecule has 1 aliphatic rings. The lowest BCUT2D eigenvalue weighted by atomic mass is 9.98. The largest absolute Gasteiger partial charge is 0.380 e. The van der Waals surface area contributed by atoms with Crippen LogP contribution in [-0.4, -0.2) is 47.9 Å². The van der Waals surface area contributed by atoms with E-state index in [1.165, 1.54) is 16.9 Å². The number of nitrogens with zero attached hydrogens (tertiary/aromatic N) is 3. The van der Waals surface area contributed by atoms with Crippen LogP contribution in [-0.2, 0) is 10.2 Å². The van der Waals surface area contributed by atoms with E-state index in [4.69, 9.17) is 4.74 Å². The molecule has 1 aromatic rings. The number of rotatable bonds is 3. The van der Waals surface area contributed by atoms with E-state index < -0.39 is 0 Å². The molecule has 0 fully saturated rings. The fourth-order valence-electron chi connectivity index (χ4n) is 1.96. The number of hydrogen-bond acceptors (Lipinski definition) is 5. The summed E-state index contributed by atoms with van der Waals surface area (Å²) in [6, 6.07) is -0.126. The summed E-state index contributed by atoms with van der Waals surface area (Å²) in [5, 5.41) is 12.5. The Labute approximate surface area is 129 Å². The molecule has 21 heavy (non-hydrogen) atoms. The molecule has 6 nitrogen and oxygen atoms in total. The normalized spacial score (nSPS) is 15.8. The second-order valence-corrected chi connectivity index (χ2v) is 7.06. The maximum atomic E-state index is 12.2. The summed E-state index contributed by atoms with van der Waals surface area (Å²) in [7, 11) is 1.68. The summed E-state index contributed by atoms with van der Waals surface area (Å²) in [5.41, 5.74) is 1.19. The number of carbonyl (C=O) groups is 1. The summed E-state index contributed by atoms with van der Waals surface area (Å²) in [6.07, 6.45) is 2.90. The highest BCUT2D eigenvalue weighted by Crippen LogP contribution is 2.27. The van der Waals surface area contributed by atoms with Gasteiger partial charge >= 0.3 is 6.03 Å². The highest BCUT2D eigenvalue weighted by Gasteiger charge is 2.22. The SMILES string of the molecule is COCC1=CCN(C(=O)Nc2nnc(C(C)(C)C)s2)CC1. The van der Waals surface area contributed by atoms with Gasteiger partial charge in [0.1, 0.15) is 5.01 Å². The van der Waals surface area contributed by atoms with Crippen LogP contribution in [0.2, 0.25) is 0 Å². The average molecular weight is 310 g/mol. The summed E-state index contributed by atoms with van der Waals surface area (Å²) in [6.45, 7) is 8.17. The first-order chi connectivity index (χ1) is 9.90. The van der Waals surface area contributed by atoms with Gasteiger partial charge in [0, 0.05) is 25.6 Å². The van der Waals surface area contributed by atoms with Crippen LogP contribution in [0.1, 0.15) is 32.2 Å². The molecular weight excluding hydrogens is 288 g/mol. The first-order valence-corrected chi connectivity index (χ1v) is 7.78. The number of amides is 2. The molecule has 2 rings (SSSR count). The van der Waals surface area contributed by atoms with E-state index in [-0.39, 0.29) is 11.4 Å². The van der Waals surface area contributed by atoms with E-state index in [0.29, 0.717) is 24.8 Å². The Kier molecular flexibility index (Phi) is 4.95. The predicted molar refractivity (Wildman–Crippen MR) is 83.8 cm³/mol. The predicted octanol–water partition coefficient (Wildman–Crippen LogP) is 2.65. The summed E-state index contributed by atoms with van der Waals surface area (Å²) < 4.78 is 5.10. The van der Waals surface area contributed by atoms with Crippen LogP contribution in [0.15, 0.2) is 11.6 Å². The minimum atomic E-state index is -0.126. The minimum Gasteiger partial charge on any atom is -0.380 e. The van der Waals surface area contributed by atoms with Crippen LogP contribution in [0.25, 0.3) is 0 Å². The van der Waals surface area contributed by atoms with Crippen LogP contribution < -0.4 is 5.32 Å². The van der Waals surface area contributed by atoms with Crippen LogP contribution in [0.5, 0.6) is 0 Å². The summed E-state index contributed by atoms with van der Waals surface area (Å²) in [5.74, 6) is 0.